The highest BCUT2D eigenvalue weighted by Crippen LogP contribution is 2.31. The average Bonchev–Trinajstić information content (AvgIpc) is 2.42. The first kappa shape index (κ1) is 17.1. The summed E-state index contributed by atoms with van der Waals surface area (Å²) in [6, 6.07) is 4.80. The largest absolute Gasteiger partial charge is 0.490 e. The normalized spacial score (nSPS) is 10.7. The van der Waals surface area contributed by atoms with Crippen LogP contribution >= 0.6 is 12.2 Å². The van der Waals surface area contributed by atoms with Gasteiger partial charge in [0.1, 0.15) is 0 Å². The molecule has 0 saturated heterocycles. The molecule has 0 amide bonds. The van der Waals surface area contributed by atoms with Gasteiger partial charge < -0.3 is 14.8 Å². The molecule has 0 unspecified atom stereocenters. The number of hydrazone groups is 1. The minimum Gasteiger partial charge on any atom is -0.490 e. The topological polar surface area (TPSA) is 54.9 Å². The van der Waals surface area contributed by atoms with Crippen LogP contribution in [-0.4, -0.2) is 31.1 Å². The highest BCUT2D eigenvalue weighted by molar-refractivity contribution is 7.80. The number of alkyl halides is 2. The van der Waals surface area contributed by atoms with Gasteiger partial charge in [-0.05, 0) is 38.2 Å². The number of benzene rings is 1. The lowest BCUT2D eigenvalue weighted by Gasteiger charge is -2.13. The van der Waals surface area contributed by atoms with Gasteiger partial charge in [0.2, 0.25) is 0 Å². The molecule has 1 rings (SSSR count). The number of nitrogens with zero attached hydrogens (tertiary/aromatic N) is 1. The summed E-state index contributed by atoms with van der Waals surface area (Å²) in [5.41, 5.74) is 2.92. The van der Waals surface area contributed by atoms with Crippen molar-refractivity contribution in [3.05, 3.63) is 23.8 Å². The van der Waals surface area contributed by atoms with Gasteiger partial charge in [-0.1, -0.05) is 6.07 Å². The molecule has 0 aromatic heterocycles. The number of rotatable bonds is 7. The first-order chi connectivity index (χ1) is 10.1. The Labute approximate surface area is 127 Å². The SMILES string of the molecule is CCNC(=S)N/N=C\c1cccc(OCC)c1OC(F)F. The van der Waals surface area contributed by atoms with Crippen molar-refractivity contribution < 1.29 is 18.3 Å². The predicted molar refractivity (Wildman–Crippen MR) is 81.2 cm³/mol. The second-order valence-corrected chi connectivity index (χ2v) is 4.12. The molecule has 5 nitrogen and oxygen atoms in total. The molecule has 0 aliphatic carbocycles. The summed E-state index contributed by atoms with van der Waals surface area (Å²) in [6.45, 7) is 1.68. The maximum absolute atomic E-state index is 12.5. The third kappa shape index (κ3) is 5.90. The molecule has 0 heterocycles. The number of halogens is 2. The summed E-state index contributed by atoms with van der Waals surface area (Å²) >= 11 is 4.93. The van der Waals surface area contributed by atoms with Crippen molar-refractivity contribution in [1.82, 2.24) is 10.7 Å². The van der Waals surface area contributed by atoms with Crippen molar-refractivity contribution in [3.8, 4) is 11.5 Å². The fourth-order valence-corrected chi connectivity index (χ4v) is 1.68. The Morgan fingerprint density at radius 3 is 2.81 bits per heavy atom. The number of ether oxygens (including phenoxy) is 2. The molecule has 1 aromatic rings. The summed E-state index contributed by atoms with van der Waals surface area (Å²) in [5.74, 6) is 0.172. The van der Waals surface area contributed by atoms with Gasteiger partial charge in [0.05, 0.1) is 12.8 Å². The molecule has 0 bridgehead atoms. The van der Waals surface area contributed by atoms with Crippen molar-refractivity contribution in [2.75, 3.05) is 13.2 Å². The lowest BCUT2D eigenvalue weighted by molar-refractivity contribution is -0.0515. The van der Waals surface area contributed by atoms with Crippen molar-refractivity contribution in [3.63, 3.8) is 0 Å². The fourth-order valence-electron chi connectivity index (χ4n) is 1.48. The maximum atomic E-state index is 12.5. The van der Waals surface area contributed by atoms with Crippen LogP contribution < -0.4 is 20.2 Å². The Morgan fingerprint density at radius 1 is 1.43 bits per heavy atom. The molecule has 1 aromatic carbocycles. The molecular formula is C13H17F2N3O2S. The van der Waals surface area contributed by atoms with E-state index in [9.17, 15) is 8.78 Å². The third-order valence-electron chi connectivity index (χ3n) is 2.22. The Hall–Kier alpha value is -1.96. The second-order valence-electron chi connectivity index (χ2n) is 3.72. The Balaban J connectivity index is 2.91. The number of nitrogens with one attached hydrogen (secondary N) is 2. The second kappa shape index (κ2) is 9.06. The molecule has 0 radical (unpaired) electrons. The van der Waals surface area contributed by atoms with Crippen LogP contribution in [0.15, 0.2) is 23.3 Å². The molecule has 0 aliphatic rings. The van der Waals surface area contributed by atoms with E-state index in [4.69, 9.17) is 17.0 Å². The van der Waals surface area contributed by atoms with Crippen molar-refractivity contribution in [2.24, 2.45) is 5.10 Å². The van der Waals surface area contributed by atoms with E-state index in [1.54, 1.807) is 25.1 Å². The highest BCUT2D eigenvalue weighted by atomic mass is 32.1. The molecule has 21 heavy (non-hydrogen) atoms. The third-order valence-corrected chi connectivity index (χ3v) is 2.46. The first-order valence-corrected chi connectivity index (χ1v) is 6.76. The van der Waals surface area contributed by atoms with Crippen molar-refractivity contribution >= 4 is 23.5 Å². The van der Waals surface area contributed by atoms with Crippen LogP contribution in [0.3, 0.4) is 0 Å². The van der Waals surface area contributed by atoms with E-state index < -0.39 is 6.61 Å². The smallest absolute Gasteiger partial charge is 0.387 e. The quantitative estimate of drug-likeness (QED) is 0.460. The minimum absolute atomic E-state index is 0.0609. The van der Waals surface area contributed by atoms with Gasteiger partial charge in [-0.2, -0.15) is 13.9 Å². The number of para-hydroxylation sites is 1. The zero-order valence-electron chi connectivity index (χ0n) is 11.7. The maximum Gasteiger partial charge on any atom is 0.387 e. The Kier molecular flexibility index (Phi) is 7.38. The highest BCUT2D eigenvalue weighted by Gasteiger charge is 2.14. The molecule has 116 valence electrons. The summed E-state index contributed by atoms with van der Waals surface area (Å²) in [6.07, 6.45) is 1.34. The fraction of sp³-hybridized carbons (Fsp3) is 0.385. The van der Waals surface area contributed by atoms with Crippen LogP contribution in [0.5, 0.6) is 11.5 Å². The number of hydrogen-bond acceptors (Lipinski definition) is 4. The zero-order valence-corrected chi connectivity index (χ0v) is 12.5. The van der Waals surface area contributed by atoms with E-state index in [0.717, 1.165) is 0 Å². The summed E-state index contributed by atoms with van der Waals surface area (Å²) < 4.78 is 34.8. The molecule has 0 saturated carbocycles. The van der Waals surface area contributed by atoms with Crippen molar-refractivity contribution in [1.29, 1.82) is 0 Å². The van der Waals surface area contributed by atoms with E-state index in [0.29, 0.717) is 23.8 Å². The van der Waals surface area contributed by atoms with Crippen LogP contribution in [-0.2, 0) is 0 Å². The lowest BCUT2D eigenvalue weighted by atomic mass is 10.2. The molecular weight excluding hydrogens is 300 g/mol. The standard InChI is InChI=1S/C13H17F2N3O2S/c1-3-16-13(21)18-17-8-9-6-5-7-10(19-4-2)11(9)20-12(14)15/h5-8,12H,3-4H2,1-2H3,(H2,16,18,21)/b17-8-. The zero-order chi connectivity index (χ0) is 15.7. The van der Waals surface area contributed by atoms with Gasteiger partial charge in [0.25, 0.3) is 0 Å². The van der Waals surface area contributed by atoms with Gasteiger partial charge in [-0.25, -0.2) is 0 Å². The van der Waals surface area contributed by atoms with E-state index in [1.807, 2.05) is 6.92 Å². The summed E-state index contributed by atoms with van der Waals surface area (Å²) in [5, 5.41) is 7.05. The van der Waals surface area contributed by atoms with Gasteiger partial charge in [0, 0.05) is 12.1 Å². The lowest BCUT2D eigenvalue weighted by Crippen LogP contribution is -2.31. The van der Waals surface area contributed by atoms with Gasteiger partial charge in [-0.3, -0.25) is 5.43 Å². The molecule has 8 heteroatoms. The van der Waals surface area contributed by atoms with Crippen LogP contribution in [0.1, 0.15) is 19.4 Å². The number of thiocarbonyl (C=S) groups is 1. The van der Waals surface area contributed by atoms with E-state index in [2.05, 4.69) is 20.6 Å². The van der Waals surface area contributed by atoms with Crippen LogP contribution in [0, 0.1) is 0 Å². The molecule has 0 fully saturated rings. The monoisotopic (exact) mass is 317 g/mol. The van der Waals surface area contributed by atoms with Gasteiger partial charge in [-0.15, -0.1) is 0 Å². The molecule has 0 atom stereocenters. The Morgan fingerprint density at radius 2 is 2.19 bits per heavy atom. The summed E-state index contributed by atoms with van der Waals surface area (Å²) in [7, 11) is 0. The summed E-state index contributed by atoms with van der Waals surface area (Å²) in [4.78, 5) is 0. The first-order valence-electron chi connectivity index (χ1n) is 6.36. The van der Waals surface area contributed by atoms with Gasteiger partial charge in [0.15, 0.2) is 16.6 Å². The van der Waals surface area contributed by atoms with E-state index in [1.165, 1.54) is 6.21 Å². The van der Waals surface area contributed by atoms with Crippen molar-refractivity contribution in [2.45, 2.75) is 20.5 Å². The predicted octanol–water partition coefficient (Wildman–Crippen LogP) is 2.50. The molecule has 2 N–H and O–H groups in total. The van der Waals surface area contributed by atoms with E-state index >= 15 is 0 Å². The molecule has 0 aliphatic heterocycles. The Bertz CT molecular complexity index is 498. The average molecular weight is 317 g/mol. The van der Waals surface area contributed by atoms with Crippen LogP contribution in [0.4, 0.5) is 8.78 Å². The minimum atomic E-state index is -2.95. The number of hydrogen-bond donors (Lipinski definition) is 2. The van der Waals surface area contributed by atoms with E-state index in [-0.39, 0.29) is 11.5 Å². The van der Waals surface area contributed by atoms with Crippen LogP contribution in [0.2, 0.25) is 0 Å². The van der Waals surface area contributed by atoms with Gasteiger partial charge >= 0.3 is 6.61 Å². The van der Waals surface area contributed by atoms with Crippen LogP contribution in [0.25, 0.3) is 0 Å². The molecule has 0 spiro atoms.